The minimum atomic E-state index is -0.763. The van der Waals surface area contributed by atoms with Crippen molar-refractivity contribution in [3.05, 3.63) is 34.5 Å². The van der Waals surface area contributed by atoms with Gasteiger partial charge in [0.1, 0.15) is 17.4 Å². The average molecular weight is 421 g/mol. The van der Waals surface area contributed by atoms with Gasteiger partial charge in [-0.1, -0.05) is 4.59 Å². The second kappa shape index (κ2) is 8.00. The maximum atomic E-state index is 15.0. The number of benzene rings is 1. The number of hydrogen-bond acceptors (Lipinski definition) is 6. The molecule has 1 aromatic carbocycles. The second-order valence-electron chi connectivity index (χ2n) is 8.42. The van der Waals surface area contributed by atoms with E-state index in [2.05, 4.69) is 10.1 Å². The molecular formula is C19H26FN6O4+. The Morgan fingerprint density at radius 3 is 2.50 bits per heavy atom. The minimum Gasteiger partial charge on any atom is -0.444 e. The Kier molecular flexibility index (Phi) is 5.78. The van der Waals surface area contributed by atoms with Crippen LogP contribution in [0.5, 0.6) is 0 Å². The smallest absolute Gasteiger partial charge is 0.444 e. The van der Waals surface area contributed by atoms with E-state index >= 15 is 0 Å². The highest BCUT2D eigenvalue weighted by Gasteiger charge is 2.51. The third-order valence-corrected chi connectivity index (χ3v) is 4.95. The molecular weight excluding hydrogens is 395 g/mol. The Balaban J connectivity index is 1.75. The van der Waals surface area contributed by atoms with E-state index < -0.39 is 28.2 Å². The van der Waals surface area contributed by atoms with Crippen LogP contribution in [-0.4, -0.2) is 61.5 Å². The van der Waals surface area contributed by atoms with Crippen molar-refractivity contribution in [3.63, 3.8) is 0 Å². The van der Waals surface area contributed by atoms with E-state index in [-0.39, 0.29) is 18.3 Å². The van der Waals surface area contributed by atoms with E-state index in [1.165, 1.54) is 6.07 Å². The highest BCUT2D eigenvalue weighted by atomic mass is 19.1. The number of amides is 2. The molecule has 0 radical (unpaired) electrons. The summed E-state index contributed by atoms with van der Waals surface area (Å²) in [5, 5.41) is 3.60. The number of ether oxygens (including phenoxy) is 2. The topological polar surface area (TPSA) is 108 Å². The Morgan fingerprint density at radius 1 is 1.33 bits per heavy atom. The maximum absolute atomic E-state index is 15.0. The van der Waals surface area contributed by atoms with Gasteiger partial charge in [0, 0.05) is 43.8 Å². The summed E-state index contributed by atoms with van der Waals surface area (Å²) >= 11 is 0. The lowest BCUT2D eigenvalue weighted by Crippen LogP contribution is -2.50. The zero-order valence-electron chi connectivity index (χ0n) is 17.5. The summed E-state index contributed by atoms with van der Waals surface area (Å²) in [6, 6.07) is 4.31. The molecule has 162 valence electrons. The molecule has 3 rings (SSSR count). The molecule has 10 nitrogen and oxygen atoms in total. The summed E-state index contributed by atoms with van der Waals surface area (Å²) in [5.41, 5.74) is 8.90. The minimum absolute atomic E-state index is 0.0935. The van der Waals surface area contributed by atoms with Crippen LogP contribution in [0.15, 0.2) is 23.4 Å². The van der Waals surface area contributed by atoms with Crippen molar-refractivity contribution in [3.8, 4) is 0 Å². The summed E-state index contributed by atoms with van der Waals surface area (Å²) in [7, 11) is 0. The lowest BCUT2D eigenvalue weighted by atomic mass is 10.2. The number of quaternary nitrogens is 1. The van der Waals surface area contributed by atoms with Crippen LogP contribution in [0.25, 0.3) is 10.4 Å². The number of anilines is 1. The standard InChI is InChI=1S/C19H26FN6O4/c1-13-12-26(23-22-21,18(28)29-13)14-5-6-16(15(20)11-14)24-7-9-25(10-8-24)17(27)30-19(2,3)4/h5-6,11,13H,7-10,12H2,1-4H3/q+1/t13?,26-/m0/s1. The van der Waals surface area contributed by atoms with Crippen LogP contribution < -0.4 is 9.49 Å². The predicted octanol–water partition coefficient (Wildman–Crippen LogP) is 3.95. The second-order valence-corrected chi connectivity index (χ2v) is 8.42. The molecule has 2 fully saturated rings. The monoisotopic (exact) mass is 421 g/mol. The lowest BCUT2D eigenvalue weighted by molar-refractivity contribution is 0.0240. The van der Waals surface area contributed by atoms with E-state index in [1.807, 2.05) is 4.90 Å². The van der Waals surface area contributed by atoms with Crippen LogP contribution in [-0.2, 0) is 9.47 Å². The Morgan fingerprint density at radius 2 is 2.00 bits per heavy atom. The van der Waals surface area contributed by atoms with Gasteiger partial charge in [-0.05, 0) is 33.8 Å². The highest BCUT2D eigenvalue weighted by molar-refractivity contribution is 5.84. The molecule has 0 aliphatic carbocycles. The number of halogens is 1. The molecule has 1 aromatic rings. The van der Waals surface area contributed by atoms with Crippen molar-refractivity contribution >= 4 is 23.6 Å². The SMILES string of the molecule is CC1C[N@+](N=[N+]=[N-])(c2ccc(N3CCN(C(=O)OC(C)(C)C)CC3)c(F)c2)C(=O)O1. The maximum Gasteiger partial charge on any atom is 0.537 e. The largest absolute Gasteiger partial charge is 0.537 e. The summed E-state index contributed by atoms with van der Waals surface area (Å²) in [6.07, 6.45) is -1.58. The summed E-state index contributed by atoms with van der Waals surface area (Å²) in [6.45, 7) is 8.87. The fraction of sp³-hybridized carbons (Fsp3) is 0.579. The fourth-order valence-electron chi connectivity index (χ4n) is 3.59. The van der Waals surface area contributed by atoms with Crippen molar-refractivity contribution in [2.75, 3.05) is 37.6 Å². The van der Waals surface area contributed by atoms with Gasteiger partial charge in [0.15, 0.2) is 17.6 Å². The first-order valence-corrected chi connectivity index (χ1v) is 9.74. The van der Waals surface area contributed by atoms with E-state index in [9.17, 15) is 14.0 Å². The van der Waals surface area contributed by atoms with Gasteiger partial charge in [0.25, 0.3) is 0 Å². The van der Waals surface area contributed by atoms with Gasteiger partial charge >= 0.3 is 12.2 Å². The Labute approximate surface area is 173 Å². The molecule has 11 heteroatoms. The number of cyclic esters (lactones) is 1. The Bertz CT molecular complexity index is 890. The van der Waals surface area contributed by atoms with Gasteiger partial charge in [-0.2, -0.15) is 4.79 Å². The van der Waals surface area contributed by atoms with Gasteiger partial charge in [0.05, 0.1) is 10.6 Å². The quantitative estimate of drug-likeness (QED) is 0.318. The van der Waals surface area contributed by atoms with Crippen LogP contribution in [0, 0.1) is 5.82 Å². The third-order valence-electron chi connectivity index (χ3n) is 4.95. The molecule has 30 heavy (non-hydrogen) atoms. The number of carbonyl (C=O) groups excluding carboxylic acids is 2. The molecule has 2 amide bonds. The molecule has 2 aliphatic heterocycles. The van der Waals surface area contributed by atoms with Crippen LogP contribution in [0.4, 0.5) is 25.4 Å². The van der Waals surface area contributed by atoms with Crippen molar-refractivity contribution in [2.24, 2.45) is 5.22 Å². The van der Waals surface area contributed by atoms with E-state index in [0.29, 0.717) is 31.9 Å². The van der Waals surface area contributed by atoms with Crippen LogP contribution >= 0.6 is 0 Å². The molecule has 2 saturated heterocycles. The van der Waals surface area contributed by atoms with E-state index in [0.717, 1.165) is 0 Å². The number of hydrogen-bond donors (Lipinski definition) is 0. The Hall–Kier alpha value is -3.04. The molecule has 0 saturated carbocycles. The van der Waals surface area contributed by atoms with Gasteiger partial charge in [-0.15, -0.1) is 0 Å². The fourth-order valence-corrected chi connectivity index (χ4v) is 3.59. The molecule has 2 heterocycles. The first-order valence-electron chi connectivity index (χ1n) is 9.74. The normalized spacial score (nSPS) is 24.3. The summed E-state index contributed by atoms with van der Waals surface area (Å²) in [4.78, 5) is 30.7. The number of azide groups is 1. The number of nitrogens with zero attached hydrogens (tertiary/aromatic N) is 6. The lowest BCUT2D eigenvalue weighted by Gasteiger charge is -2.37. The molecule has 0 N–H and O–H groups in total. The zero-order chi connectivity index (χ0) is 22.1. The van der Waals surface area contributed by atoms with Gasteiger partial charge in [-0.25, -0.2) is 9.18 Å². The zero-order valence-corrected chi connectivity index (χ0v) is 17.5. The summed E-state index contributed by atoms with van der Waals surface area (Å²) in [5.74, 6) is -0.545. The van der Waals surface area contributed by atoms with Crippen molar-refractivity contribution < 1.29 is 23.5 Å². The van der Waals surface area contributed by atoms with Crippen molar-refractivity contribution in [2.45, 2.75) is 39.4 Å². The number of rotatable bonds is 3. The molecule has 2 aliphatic rings. The van der Waals surface area contributed by atoms with Gasteiger partial charge in [-0.3, -0.25) is 0 Å². The van der Waals surface area contributed by atoms with E-state index in [4.69, 9.17) is 15.0 Å². The molecule has 1 unspecified atom stereocenters. The first kappa shape index (κ1) is 21.7. The molecule has 0 aromatic heterocycles. The average Bonchev–Trinajstić information content (AvgIpc) is 2.95. The van der Waals surface area contributed by atoms with Gasteiger partial charge in [0.2, 0.25) is 0 Å². The van der Waals surface area contributed by atoms with Crippen molar-refractivity contribution in [1.29, 1.82) is 0 Å². The van der Waals surface area contributed by atoms with Gasteiger partial charge < -0.3 is 19.3 Å². The van der Waals surface area contributed by atoms with Crippen LogP contribution in [0.3, 0.4) is 0 Å². The summed E-state index contributed by atoms with van der Waals surface area (Å²) < 4.78 is 24.7. The predicted molar refractivity (Wildman–Crippen MR) is 108 cm³/mol. The van der Waals surface area contributed by atoms with E-state index in [1.54, 1.807) is 44.7 Å². The molecule has 0 bridgehead atoms. The highest BCUT2D eigenvalue weighted by Crippen LogP contribution is 2.35. The third kappa shape index (κ3) is 4.27. The van der Waals surface area contributed by atoms with Crippen LogP contribution in [0.2, 0.25) is 0 Å². The molecule has 0 spiro atoms. The van der Waals surface area contributed by atoms with Crippen molar-refractivity contribution in [1.82, 2.24) is 9.49 Å². The first-order chi connectivity index (χ1) is 14.1. The van der Waals surface area contributed by atoms with Crippen LogP contribution in [0.1, 0.15) is 27.7 Å². The number of piperazine rings is 1. The molecule has 2 atom stereocenters. The number of carbonyl (C=O) groups is 2.